The maximum atomic E-state index is 12.6. The molecular weight excluding hydrogens is 352 g/mol. The fourth-order valence-corrected chi connectivity index (χ4v) is 3.59. The Bertz CT molecular complexity index is 573. The summed E-state index contributed by atoms with van der Waals surface area (Å²) in [6, 6.07) is 4.28. The molecule has 0 atom stereocenters. The number of furan rings is 1. The van der Waals surface area contributed by atoms with Gasteiger partial charge in [-0.25, -0.2) is 0 Å². The van der Waals surface area contributed by atoms with E-state index in [0.29, 0.717) is 11.9 Å². The van der Waals surface area contributed by atoms with Crippen LogP contribution < -0.4 is 10.6 Å². The lowest BCUT2D eigenvalue weighted by Crippen LogP contribution is -2.51. The summed E-state index contributed by atoms with van der Waals surface area (Å²) in [4.78, 5) is 19.3. The fourth-order valence-electron chi connectivity index (χ4n) is 3.59. The minimum Gasteiger partial charge on any atom is -0.469 e. The van der Waals surface area contributed by atoms with Gasteiger partial charge < -0.3 is 20.0 Å². The molecule has 1 amide bonds. The summed E-state index contributed by atoms with van der Waals surface area (Å²) in [5.74, 6) is 2.37. The number of carbonyl (C=O) groups is 1. The monoisotopic (exact) mass is 390 g/mol. The standard InChI is InChI=1S/C22H38N4O2/c1-4-7-13-23-22(24-14-10-20-9-8-17-28-20)25-19-11-15-26(16-12-19)21(27)18(5-2)6-3/h8-9,17-19H,4-7,10-16H2,1-3H3,(H2,23,24,25). The molecule has 1 aromatic heterocycles. The molecule has 0 aromatic carbocycles. The molecule has 0 unspecified atom stereocenters. The van der Waals surface area contributed by atoms with E-state index in [1.807, 2.05) is 17.0 Å². The van der Waals surface area contributed by atoms with Gasteiger partial charge in [-0.3, -0.25) is 9.79 Å². The Morgan fingerprint density at radius 2 is 2.04 bits per heavy atom. The Morgan fingerprint density at radius 1 is 1.29 bits per heavy atom. The van der Waals surface area contributed by atoms with Crippen molar-refractivity contribution in [3.8, 4) is 0 Å². The molecule has 1 aliphatic heterocycles. The van der Waals surface area contributed by atoms with Gasteiger partial charge in [0.25, 0.3) is 0 Å². The number of amides is 1. The van der Waals surface area contributed by atoms with Crippen LogP contribution >= 0.6 is 0 Å². The summed E-state index contributed by atoms with van der Waals surface area (Å²) in [5.41, 5.74) is 0. The molecule has 158 valence electrons. The van der Waals surface area contributed by atoms with Crippen molar-refractivity contribution in [2.75, 3.05) is 26.2 Å². The van der Waals surface area contributed by atoms with Crippen LogP contribution in [0.1, 0.15) is 65.1 Å². The van der Waals surface area contributed by atoms with E-state index in [1.165, 1.54) is 0 Å². The van der Waals surface area contributed by atoms with Crippen molar-refractivity contribution < 1.29 is 9.21 Å². The summed E-state index contributed by atoms with van der Waals surface area (Å²) in [7, 11) is 0. The summed E-state index contributed by atoms with van der Waals surface area (Å²) in [6.07, 6.45) is 8.58. The maximum absolute atomic E-state index is 12.6. The molecule has 0 aliphatic carbocycles. The third-order valence-electron chi connectivity index (χ3n) is 5.51. The van der Waals surface area contributed by atoms with Gasteiger partial charge in [-0.05, 0) is 44.2 Å². The Balaban J connectivity index is 1.81. The van der Waals surface area contributed by atoms with Crippen LogP contribution in [0.5, 0.6) is 0 Å². The minimum absolute atomic E-state index is 0.180. The van der Waals surface area contributed by atoms with E-state index in [0.717, 1.165) is 82.8 Å². The molecule has 1 saturated heterocycles. The zero-order valence-corrected chi connectivity index (χ0v) is 17.9. The van der Waals surface area contributed by atoms with E-state index in [4.69, 9.17) is 9.41 Å². The molecule has 1 fully saturated rings. The smallest absolute Gasteiger partial charge is 0.225 e. The number of rotatable bonds is 10. The number of nitrogens with one attached hydrogen (secondary N) is 2. The van der Waals surface area contributed by atoms with Crippen LogP contribution in [-0.2, 0) is 11.2 Å². The van der Waals surface area contributed by atoms with Crippen LogP contribution in [-0.4, -0.2) is 49.0 Å². The minimum atomic E-state index is 0.180. The Hall–Kier alpha value is -1.98. The lowest BCUT2D eigenvalue weighted by atomic mass is 9.98. The first-order valence-corrected chi connectivity index (χ1v) is 11.0. The van der Waals surface area contributed by atoms with E-state index in [2.05, 4.69) is 31.4 Å². The average molecular weight is 391 g/mol. The molecule has 6 heteroatoms. The van der Waals surface area contributed by atoms with E-state index in [9.17, 15) is 4.79 Å². The number of carbonyl (C=O) groups excluding carboxylic acids is 1. The van der Waals surface area contributed by atoms with E-state index in [-0.39, 0.29) is 5.92 Å². The van der Waals surface area contributed by atoms with E-state index < -0.39 is 0 Å². The van der Waals surface area contributed by atoms with Gasteiger partial charge in [0.1, 0.15) is 5.76 Å². The normalized spacial score (nSPS) is 15.9. The number of piperidine rings is 1. The second-order valence-corrected chi connectivity index (χ2v) is 7.60. The zero-order valence-electron chi connectivity index (χ0n) is 17.9. The molecule has 2 N–H and O–H groups in total. The van der Waals surface area contributed by atoms with Gasteiger partial charge in [0.05, 0.1) is 6.26 Å². The van der Waals surface area contributed by atoms with Crippen LogP contribution in [0.25, 0.3) is 0 Å². The van der Waals surface area contributed by atoms with Crippen molar-refractivity contribution in [1.82, 2.24) is 15.5 Å². The van der Waals surface area contributed by atoms with Crippen LogP contribution in [0.3, 0.4) is 0 Å². The van der Waals surface area contributed by atoms with Crippen LogP contribution in [0.2, 0.25) is 0 Å². The largest absolute Gasteiger partial charge is 0.469 e. The van der Waals surface area contributed by atoms with Gasteiger partial charge in [0, 0.05) is 44.6 Å². The second-order valence-electron chi connectivity index (χ2n) is 7.60. The molecule has 0 bridgehead atoms. The van der Waals surface area contributed by atoms with Gasteiger partial charge in [-0.1, -0.05) is 27.2 Å². The number of hydrogen-bond donors (Lipinski definition) is 2. The van der Waals surface area contributed by atoms with Crippen molar-refractivity contribution in [2.24, 2.45) is 10.9 Å². The number of unbranched alkanes of at least 4 members (excludes halogenated alkanes) is 1. The molecular formula is C22H38N4O2. The molecule has 28 heavy (non-hydrogen) atoms. The molecule has 6 nitrogen and oxygen atoms in total. The van der Waals surface area contributed by atoms with E-state index in [1.54, 1.807) is 6.26 Å². The molecule has 2 heterocycles. The summed E-state index contributed by atoms with van der Waals surface area (Å²) in [6.45, 7) is 9.68. The Labute approximate surface area is 170 Å². The first kappa shape index (κ1) is 22.3. The first-order chi connectivity index (χ1) is 13.7. The van der Waals surface area contributed by atoms with Crippen molar-refractivity contribution in [3.63, 3.8) is 0 Å². The lowest BCUT2D eigenvalue weighted by Gasteiger charge is -2.35. The maximum Gasteiger partial charge on any atom is 0.225 e. The highest BCUT2D eigenvalue weighted by molar-refractivity contribution is 5.80. The van der Waals surface area contributed by atoms with Gasteiger partial charge in [0.2, 0.25) is 5.91 Å². The van der Waals surface area contributed by atoms with Crippen LogP contribution in [0, 0.1) is 5.92 Å². The third kappa shape index (κ3) is 7.21. The topological polar surface area (TPSA) is 69.9 Å². The first-order valence-electron chi connectivity index (χ1n) is 11.0. The lowest BCUT2D eigenvalue weighted by molar-refractivity contribution is -0.136. The number of aliphatic imine (C=N–C) groups is 1. The highest BCUT2D eigenvalue weighted by Crippen LogP contribution is 2.17. The number of nitrogens with zero attached hydrogens (tertiary/aromatic N) is 2. The summed E-state index contributed by atoms with van der Waals surface area (Å²) < 4.78 is 5.40. The van der Waals surface area contributed by atoms with Crippen molar-refractivity contribution in [1.29, 1.82) is 0 Å². The number of guanidine groups is 1. The average Bonchev–Trinajstić information content (AvgIpc) is 3.23. The highest BCUT2D eigenvalue weighted by atomic mass is 16.3. The molecule has 1 aliphatic rings. The number of likely N-dealkylation sites (tertiary alicyclic amines) is 1. The van der Waals surface area contributed by atoms with Gasteiger partial charge in [-0.2, -0.15) is 0 Å². The van der Waals surface area contributed by atoms with E-state index >= 15 is 0 Å². The Kier molecular flexibility index (Phi) is 9.94. The Morgan fingerprint density at radius 3 is 2.64 bits per heavy atom. The second kappa shape index (κ2) is 12.5. The van der Waals surface area contributed by atoms with Crippen LogP contribution in [0.4, 0.5) is 0 Å². The van der Waals surface area contributed by atoms with Gasteiger partial charge in [0.15, 0.2) is 5.96 Å². The highest BCUT2D eigenvalue weighted by Gasteiger charge is 2.26. The van der Waals surface area contributed by atoms with Crippen LogP contribution in [0.15, 0.2) is 27.8 Å². The SMILES string of the molecule is CCCCN=C(NCCc1ccco1)NC1CCN(C(=O)C(CC)CC)CC1. The molecule has 0 spiro atoms. The quantitative estimate of drug-likeness (QED) is 0.364. The van der Waals surface area contributed by atoms with Gasteiger partial charge in [-0.15, -0.1) is 0 Å². The molecule has 2 rings (SSSR count). The molecule has 0 saturated carbocycles. The van der Waals surface area contributed by atoms with Gasteiger partial charge >= 0.3 is 0 Å². The predicted molar refractivity (Wildman–Crippen MR) is 114 cm³/mol. The van der Waals surface area contributed by atoms with Crippen molar-refractivity contribution in [3.05, 3.63) is 24.2 Å². The number of hydrogen-bond acceptors (Lipinski definition) is 3. The predicted octanol–water partition coefficient (Wildman–Crippen LogP) is 3.58. The zero-order chi connectivity index (χ0) is 20.2. The fraction of sp³-hybridized carbons (Fsp3) is 0.727. The molecule has 1 aromatic rings. The molecule has 0 radical (unpaired) electrons. The van der Waals surface area contributed by atoms with Crippen molar-refractivity contribution >= 4 is 11.9 Å². The summed E-state index contributed by atoms with van der Waals surface area (Å²) >= 11 is 0. The third-order valence-corrected chi connectivity index (χ3v) is 5.51. The summed E-state index contributed by atoms with van der Waals surface area (Å²) in [5, 5.41) is 7.01. The van der Waals surface area contributed by atoms with Crippen molar-refractivity contribution in [2.45, 2.75) is 71.8 Å².